The summed E-state index contributed by atoms with van der Waals surface area (Å²) in [5.74, 6) is 0.868. The van der Waals surface area contributed by atoms with Gasteiger partial charge in [0, 0.05) is 22.9 Å². The SMILES string of the molecule is CC(C)(C)c1cc(-c2c[nH]c(CNC(=O)O)n2)cc(C(C)(C)C)c1O. The Hall–Kier alpha value is -2.50. The van der Waals surface area contributed by atoms with Crippen molar-refractivity contribution in [2.75, 3.05) is 0 Å². The van der Waals surface area contributed by atoms with E-state index in [0.717, 1.165) is 22.4 Å². The summed E-state index contributed by atoms with van der Waals surface area (Å²) in [6.45, 7) is 12.5. The van der Waals surface area contributed by atoms with Gasteiger partial charge in [0.15, 0.2) is 0 Å². The molecule has 0 aliphatic heterocycles. The van der Waals surface area contributed by atoms with Gasteiger partial charge in [-0.15, -0.1) is 0 Å². The number of carboxylic acid groups (broad SMARTS) is 1. The van der Waals surface area contributed by atoms with Gasteiger partial charge in [0.05, 0.1) is 12.2 Å². The number of aromatic amines is 1. The standard InChI is InChI=1S/C19H27N3O3/c1-18(2,3)12-7-11(8-13(16(12)23)19(4,5)6)14-9-20-15(22-14)10-21-17(24)25/h7-9,21,23H,10H2,1-6H3,(H,20,22)(H,24,25). The Morgan fingerprint density at radius 1 is 1.12 bits per heavy atom. The minimum Gasteiger partial charge on any atom is -0.507 e. The van der Waals surface area contributed by atoms with E-state index in [9.17, 15) is 9.90 Å². The van der Waals surface area contributed by atoms with Crippen molar-refractivity contribution >= 4 is 6.09 Å². The average Bonchev–Trinajstić information content (AvgIpc) is 2.91. The van der Waals surface area contributed by atoms with E-state index < -0.39 is 6.09 Å². The maximum Gasteiger partial charge on any atom is 0.405 e. The third kappa shape index (κ3) is 4.32. The smallest absolute Gasteiger partial charge is 0.405 e. The minimum atomic E-state index is -1.09. The lowest BCUT2D eigenvalue weighted by Gasteiger charge is -2.28. The van der Waals surface area contributed by atoms with Gasteiger partial charge in [0.25, 0.3) is 0 Å². The first-order valence-corrected chi connectivity index (χ1v) is 8.29. The van der Waals surface area contributed by atoms with E-state index in [4.69, 9.17) is 5.11 Å². The molecule has 6 heteroatoms. The molecule has 1 aromatic carbocycles. The van der Waals surface area contributed by atoms with Crippen LogP contribution in [-0.4, -0.2) is 26.3 Å². The summed E-state index contributed by atoms with van der Waals surface area (Å²) in [6, 6.07) is 3.91. The van der Waals surface area contributed by atoms with Crippen molar-refractivity contribution in [3.8, 4) is 17.0 Å². The molecule has 0 aliphatic rings. The van der Waals surface area contributed by atoms with Crippen LogP contribution in [0.5, 0.6) is 5.75 Å². The number of hydrogen-bond acceptors (Lipinski definition) is 3. The number of carbonyl (C=O) groups is 1. The van der Waals surface area contributed by atoms with Gasteiger partial charge in [0.1, 0.15) is 11.6 Å². The number of aromatic nitrogens is 2. The summed E-state index contributed by atoms with van der Waals surface area (Å²) < 4.78 is 0. The van der Waals surface area contributed by atoms with Crippen molar-refractivity contribution in [1.82, 2.24) is 15.3 Å². The Morgan fingerprint density at radius 2 is 1.64 bits per heavy atom. The van der Waals surface area contributed by atoms with Crippen LogP contribution in [-0.2, 0) is 17.4 Å². The number of H-pyrrole nitrogens is 1. The van der Waals surface area contributed by atoms with Crippen LogP contribution < -0.4 is 5.32 Å². The Bertz CT molecular complexity index is 745. The molecule has 0 spiro atoms. The van der Waals surface area contributed by atoms with E-state index in [-0.39, 0.29) is 17.4 Å². The first kappa shape index (κ1) is 18.8. The van der Waals surface area contributed by atoms with Crippen molar-refractivity contribution in [2.45, 2.75) is 58.9 Å². The zero-order valence-electron chi connectivity index (χ0n) is 15.7. The van der Waals surface area contributed by atoms with Crippen LogP contribution in [0.3, 0.4) is 0 Å². The molecule has 2 aromatic rings. The van der Waals surface area contributed by atoms with Crippen LogP contribution in [0.1, 0.15) is 58.5 Å². The van der Waals surface area contributed by atoms with Gasteiger partial charge in [0.2, 0.25) is 0 Å². The second-order valence-corrected chi connectivity index (χ2v) is 8.31. The van der Waals surface area contributed by atoms with Crippen LogP contribution in [0.25, 0.3) is 11.3 Å². The van der Waals surface area contributed by atoms with Gasteiger partial charge in [-0.2, -0.15) is 0 Å². The van der Waals surface area contributed by atoms with Crippen molar-refractivity contribution in [1.29, 1.82) is 0 Å². The van der Waals surface area contributed by atoms with Gasteiger partial charge in [-0.1, -0.05) is 41.5 Å². The number of hydrogen-bond donors (Lipinski definition) is 4. The van der Waals surface area contributed by atoms with Crippen LogP contribution in [0.4, 0.5) is 4.79 Å². The van der Waals surface area contributed by atoms with E-state index >= 15 is 0 Å². The first-order valence-electron chi connectivity index (χ1n) is 8.29. The highest BCUT2D eigenvalue weighted by Gasteiger charge is 2.27. The number of phenols is 1. The Morgan fingerprint density at radius 3 is 2.08 bits per heavy atom. The second-order valence-electron chi connectivity index (χ2n) is 8.31. The Balaban J connectivity index is 2.53. The van der Waals surface area contributed by atoms with Gasteiger partial charge in [-0.3, -0.25) is 0 Å². The van der Waals surface area contributed by atoms with Gasteiger partial charge < -0.3 is 20.5 Å². The number of nitrogens with zero attached hydrogens (tertiary/aromatic N) is 1. The number of rotatable bonds is 3. The van der Waals surface area contributed by atoms with Crippen molar-refractivity contribution in [3.05, 3.63) is 35.3 Å². The molecule has 2 rings (SSSR count). The number of aromatic hydroxyl groups is 1. The zero-order chi connectivity index (χ0) is 19.0. The maximum atomic E-state index is 10.8. The molecule has 0 bridgehead atoms. The lowest BCUT2D eigenvalue weighted by atomic mass is 9.78. The highest BCUT2D eigenvalue weighted by molar-refractivity contribution is 5.66. The van der Waals surface area contributed by atoms with E-state index in [1.54, 1.807) is 6.20 Å². The lowest BCUT2D eigenvalue weighted by molar-refractivity contribution is 0.193. The minimum absolute atomic E-state index is 0.117. The molecule has 6 nitrogen and oxygen atoms in total. The van der Waals surface area contributed by atoms with Gasteiger partial charge in [-0.25, -0.2) is 9.78 Å². The summed E-state index contributed by atoms with van der Waals surface area (Å²) in [6.07, 6.45) is 0.664. The van der Waals surface area contributed by atoms with Crippen LogP contribution in [0.2, 0.25) is 0 Å². The summed E-state index contributed by atoms with van der Waals surface area (Å²) in [5.41, 5.74) is 2.91. The average molecular weight is 345 g/mol. The Labute approximate surface area is 148 Å². The number of benzene rings is 1. The summed E-state index contributed by atoms with van der Waals surface area (Å²) in [4.78, 5) is 18.1. The molecule has 0 saturated heterocycles. The highest BCUT2D eigenvalue weighted by atomic mass is 16.4. The molecule has 136 valence electrons. The molecule has 1 heterocycles. The molecule has 0 radical (unpaired) electrons. The van der Waals surface area contributed by atoms with E-state index in [2.05, 4.69) is 56.8 Å². The first-order chi connectivity index (χ1) is 11.4. The lowest BCUT2D eigenvalue weighted by Crippen LogP contribution is -2.20. The fourth-order valence-corrected chi connectivity index (χ4v) is 2.69. The third-order valence-corrected chi connectivity index (χ3v) is 4.06. The molecule has 25 heavy (non-hydrogen) atoms. The molecular formula is C19H27N3O3. The number of amides is 1. The quantitative estimate of drug-likeness (QED) is 0.672. The van der Waals surface area contributed by atoms with E-state index in [0.29, 0.717) is 11.6 Å². The molecule has 0 fully saturated rings. The zero-order valence-corrected chi connectivity index (χ0v) is 15.7. The molecule has 0 aliphatic carbocycles. The van der Waals surface area contributed by atoms with Crippen LogP contribution in [0, 0.1) is 0 Å². The molecule has 0 unspecified atom stereocenters. The molecule has 4 N–H and O–H groups in total. The second kappa shape index (κ2) is 6.43. The molecule has 1 amide bonds. The van der Waals surface area contributed by atoms with Crippen molar-refractivity contribution in [2.24, 2.45) is 0 Å². The number of nitrogens with one attached hydrogen (secondary N) is 2. The molecule has 0 saturated carbocycles. The molecular weight excluding hydrogens is 318 g/mol. The molecule has 1 aromatic heterocycles. The summed E-state index contributed by atoms with van der Waals surface area (Å²) in [7, 11) is 0. The highest BCUT2D eigenvalue weighted by Crippen LogP contribution is 2.41. The fraction of sp³-hybridized carbons (Fsp3) is 0.474. The van der Waals surface area contributed by atoms with Gasteiger partial charge in [-0.05, 0) is 23.0 Å². The molecule has 0 atom stereocenters. The predicted molar refractivity (Wildman–Crippen MR) is 98.0 cm³/mol. The summed E-state index contributed by atoms with van der Waals surface area (Å²) in [5, 5.41) is 21.8. The summed E-state index contributed by atoms with van der Waals surface area (Å²) >= 11 is 0. The number of imidazole rings is 1. The van der Waals surface area contributed by atoms with Gasteiger partial charge >= 0.3 is 6.09 Å². The van der Waals surface area contributed by atoms with Crippen molar-refractivity contribution in [3.63, 3.8) is 0 Å². The largest absolute Gasteiger partial charge is 0.507 e. The van der Waals surface area contributed by atoms with Crippen LogP contribution >= 0.6 is 0 Å². The maximum absolute atomic E-state index is 10.8. The number of phenolic OH excluding ortho intramolecular Hbond substituents is 1. The monoisotopic (exact) mass is 345 g/mol. The predicted octanol–water partition coefficient (Wildman–Crippen LogP) is 4.14. The Kier molecular flexibility index (Phi) is 4.84. The van der Waals surface area contributed by atoms with Crippen LogP contribution in [0.15, 0.2) is 18.3 Å². The fourth-order valence-electron chi connectivity index (χ4n) is 2.69. The van der Waals surface area contributed by atoms with E-state index in [1.165, 1.54) is 0 Å². The third-order valence-electron chi connectivity index (χ3n) is 4.06. The normalized spacial score (nSPS) is 12.2. The topological polar surface area (TPSA) is 98.2 Å². The van der Waals surface area contributed by atoms with E-state index in [1.807, 2.05) is 12.1 Å². The van der Waals surface area contributed by atoms with Crippen molar-refractivity contribution < 1.29 is 15.0 Å².